The molecule has 0 aliphatic rings. The molecule has 0 radical (unpaired) electrons. The molecule has 0 amide bonds. The van der Waals surface area contributed by atoms with E-state index in [4.69, 9.17) is 5.02 Å². The third-order valence-corrected chi connectivity index (χ3v) is 0. The molecule has 0 saturated heterocycles. The van der Waals surface area contributed by atoms with Gasteiger partial charge < -0.3 is 5.02 Å². The number of hydrogen-bond donors (Lipinski definition) is 1. The monoisotopic (exact) mass is 393 g/mol. The van der Waals surface area contributed by atoms with Crippen LogP contribution in [0.3, 0.4) is 0 Å². The van der Waals surface area contributed by atoms with Crippen molar-refractivity contribution in [3.8, 4) is 0 Å². The van der Waals surface area contributed by atoms with E-state index in [2.05, 4.69) is 40.0 Å². The van der Waals surface area contributed by atoms with E-state index in [1.807, 2.05) is 13.8 Å². The number of hydrogen-bond acceptors (Lipinski definition) is 1. The van der Waals surface area contributed by atoms with Crippen LogP contribution in [0.1, 0.15) is 13.8 Å². The van der Waals surface area contributed by atoms with Crippen LogP contribution in [0.4, 0.5) is 0 Å². The van der Waals surface area contributed by atoms with Crippen molar-refractivity contribution in [3.05, 3.63) is 0 Å². The molecule has 0 spiro atoms. The first kappa shape index (κ1) is 17.2. The zero-order valence-electron chi connectivity index (χ0n) is 6.23. The summed E-state index contributed by atoms with van der Waals surface area (Å²) < 4.78 is 0. The molecule has 0 aromatic rings. The van der Waals surface area contributed by atoms with Crippen molar-refractivity contribution in [2.45, 2.75) is 27.5 Å². The third-order valence-electron chi connectivity index (χ3n) is 0. The second-order valence-corrected chi connectivity index (χ2v) is 12.9. The average Bonchev–Trinajstić information content (AvgIpc) is 1.71. The summed E-state index contributed by atoms with van der Waals surface area (Å²) >= 11 is 4.74. The molecule has 1 nitrogen and oxygen atoms in total. The molecule has 0 unspecified atom stereocenters. The van der Waals surface area contributed by atoms with Crippen molar-refractivity contribution in [2.24, 2.45) is 0 Å². The molecule has 0 bridgehead atoms. The van der Waals surface area contributed by atoms with Crippen LogP contribution in [0.15, 0.2) is 0 Å². The van der Waals surface area contributed by atoms with Crippen LogP contribution in [-0.2, 0) is 9.47 Å². The minimum absolute atomic E-state index is 0.167. The van der Waals surface area contributed by atoms with Gasteiger partial charge in [0.25, 0.3) is 6.92 Å². The van der Waals surface area contributed by atoms with Crippen molar-refractivity contribution < 1.29 is 14.5 Å². The van der Waals surface area contributed by atoms with Gasteiger partial charge in [0.05, 0.1) is 0 Å². The molecule has 0 aromatic carbocycles. The van der Waals surface area contributed by atoms with E-state index in [0.29, 0.717) is 9.47 Å². The molecule has 0 rings (SSSR count). The summed E-state index contributed by atoms with van der Waals surface area (Å²) in [7, 11) is 0.628. The van der Waals surface area contributed by atoms with Gasteiger partial charge in [-0.2, -0.15) is 0 Å². The Labute approximate surface area is 87.7 Å². The third kappa shape index (κ3) is 153. The van der Waals surface area contributed by atoms with Gasteiger partial charge in [-0.25, -0.2) is 0 Å². The SMILES string of the molecule is CB(C)O.CC.[I][V][I]. The fourth-order valence-electron chi connectivity index (χ4n) is 0. The molecule has 0 aliphatic carbocycles. The summed E-state index contributed by atoms with van der Waals surface area (Å²) in [6.45, 7) is 7.28. The van der Waals surface area contributed by atoms with Crippen LogP contribution in [-0.4, -0.2) is 11.9 Å². The number of halogens is 2. The minimum atomic E-state index is -0.167. The van der Waals surface area contributed by atoms with E-state index in [0.717, 1.165) is 0 Å². The van der Waals surface area contributed by atoms with E-state index < -0.39 is 0 Å². The average molecular weight is 393 g/mol. The maximum absolute atomic E-state index is 8.06. The van der Waals surface area contributed by atoms with Crippen LogP contribution in [0.25, 0.3) is 0 Å². The fourth-order valence-corrected chi connectivity index (χ4v) is 0. The molecular weight excluding hydrogens is 380 g/mol. The van der Waals surface area contributed by atoms with Crippen LogP contribution in [0.5, 0.6) is 0 Å². The van der Waals surface area contributed by atoms with Crippen molar-refractivity contribution in [3.63, 3.8) is 0 Å². The first-order chi connectivity index (χ1) is 4.15. The standard InChI is InChI=1S/C2H7BO.C2H6.2HI.V/c1-3(2)4;1-2;;;/h4H,1-2H3;1-2H3;2*1H;/q;;;;+2/p-2. The molecule has 0 aromatic heterocycles. The van der Waals surface area contributed by atoms with Crippen LogP contribution < -0.4 is 0 Å². The van der Waals surface area contributed by atoms with E-state index in [1.54, 1.807) is 13.6 Å². The molecule has 0 fully saturated rings. The summed E-state index contributed by atoms with van der Waals surface area (Å²) in [5.41, 5.74) is 0. The molecule has 0 atom stereocenters. The van der Waals surface area contributed by atoms with Crippen molar-refractivity contribution >= 4 is 46.9 Å². The zero-order chi connectivity index (χ0) is 8.28. The van der Waals surface area contributed by atoms with Gasteiger partial charge in [0, 0.05) is 0 Å². The summed E-state index contributed by atoms with van der Waals surface area (Å²) in [6.07, 6.45) is 0. The van der Waals surface area contributed by atoms with Crippen LogP contribution >= 0.6 is 40.0 Å². The molecule has 5 heteroatoms. The van der Waals surface area contributed by atoms with E-state index >= 15 is 0 Å². The fraction of sp³-hybridized carbons (Fsp3) is 1.00. The summed E-state index contributed by atoms with van der Waals surface area (Å²) in [4.78, 5) is 0. The Morgan fingerprint density at radius 3 is 1.22 bits per heavy atom. The molecule has 57 valence electrons. The topological polar surface area (TPSA) is 20.2 Å². The predicted molar refractivity (Wildman–Crippen MR) is 59.1 cm³/mol. The van der Waals surface area contributed by atoms with E-state index in [1.165, 1.54) is 0 Å². The Kier molecular flexibility index (Phi) is 43.1. The molecule has 1 N–H and O–H groups in total. The second kappa shape index (κ2) is 22.5. The van der Waals surface area contributed by atoms with Gasteiger partial charge in [-0.1, -0.05) is 27.5 Å². The zero-order valence-corrected chi connectivity index (χ0v) is 11.9. The Morgan fingerprint density at radius 1 is 1.22 bits per heavy atom. The van der Waals surface area contributed by atoms with Gasteiger partial charge in [-0.15, -0.1) is 0 Å². The van der Waals surface area contributed by atoms with E-state index in [-0.39, 0.29) is 6.92 Å². The molecule has 0 aliphatic heterocycles. The second-order valence-electron chi connectivity index (χ2n) is 1.16. The normalized spacial score (nSPS) is 5.22. The van der Waals surface area contributed by atoms with Gasteiger partial charge in [0.15, 0.2) is 0 Å². The van der Waals surface area contributed by atoms with Crippen LogP contribution in [0, 0.1) is 0 Å². The van der Waals surface area contributed by atoms with Gasteiger partial charge in [-0.05, 0) is 0 Å². The Balaban J connectivity index is -0.0000000646. The predicted octanol–water partition coefficient (Wildman–Crippen LogP) is 3.02. The quantitative estimate of drug-likeness (QED) is 0.496. The van der Waals surface area contributed by atoms with Gasteiger partial charge in [0.2, 0.25) is 0 Å². The maximum atomic E-state index is 8.06. The van der Waals surface area contributed by atoms with E-state index in [9.17, 15) is 0 Å². The molecular formula is C4H13BI2OV. The van der Waals surface area contributed by atoms with Gasteiger partial charge in [0.1, 0.15) is 0 Å². The van der Waals surface area contributed by atoms with Gasteiger partial charge >= 0.3 is 49.4 Å². The summed E-state index contributed by atoms with van der Waals surface area (Å²) in [6, 6.07) is 0. The first-order valence-corrected chi connectivity index (χ1v) is 11.8. The van der Waals surface area contributed by atoms with Crippen LogP contribution in [0.2, 0.25) is 13.6 Å². The summed E-state index contributed by atoms with van der Waals surface area (Å²) in [5, 5.41) is 8.06. The first-order valence-electron chi connectivity index (χ1n) is 2.75. The van der Waals surface area contributed by atoms with Crippen molar-refractivity contribution in [2.75, 3.05) is 0 Å². The Hall–Kier alpha value is 2.07. The molecule has 9 heavy (non-hydrogen) atoms. The number of rotatable bonds is 0. The Bertz CT molecular complexity index is 29.8. The molecule has 0 heterocycles. The van der Waals surface area contributed by atoms with Crippen molar-refractivity contribution in [1.82, 2.24) is 0 Å². The van der Waals surface area contributed by atoms with Gasteiger partial charge in [-0.3, -0.25) is 0 Å². The van der Waals surface area contributed by atoms with Crippen molar-refractivity contribution in [1.29, 1.82) is 0 Å². The molecule has 0 saturated carbocycles. The summed E-state index contributed by atoms with van der Waals surface area (Å²) in [5.74, 6) is 0. The Morgan fingerprint density at radius 2 is 1.22 bits per heavy atom.